The van der Waals surface area contributed by atoms with Gasteiger partial charge in [0, 0.05) is 19.5 Å². The molecule has 0 fully saturated rings. The molecule has 130 valence electrons. The van der Waals surface area contributed by atoms with Crippen molar-refractivity contribution in [1.82, 2.24) is 4.31 Å². The number of hydrogen-bond acceptors (Lipinski definition) is 4. The topological polar surface area (TPSA) is 104 Å². The fraction of sp³-hybridized carbons (Fsp3) is 0.222. The summed E-state index contributed by atoms with van der Waals surface area (Å²) in [5, 5.41) is 8.97. The average Bonchev–Trinajstić information content (AvgIpc) is 2.62. The number of rotatable bonds is 8. The summed E-state index contributed by atoms with van der Waals surface area (Å²) in [5.41, 5.74) is 6.43. The first-order valence-corrected chi connectivity index (χ1v) is 9.20. The first kappa shape index (κ1) is 18.6. The highest BCUT2D eigenvalue weighted by Gasteiger charge is 2.24. The number of carbonyl (C=O) groups is 1. The highest BCUT2D eigenvalue weighted by molar-refractivity contribution is 7.89. The molecule has 0 bridgehead atoms. The molecular weight excluding hydrogens is 338 g/mol. The van der Waals surface area contributed by atoms with Gasteiger partial charge in [0.05, 0.1) is 16.5 Å². The van der Waals surface area contributed by atoms with Crippen LogP contribution in [0.3, 0.4) is 0 Å². The number of benzene rings is 2. The Bertz CT molecular complexity index is 874. The third-order valence-corrected chi connectivity index (χ3v) is 5.60. The summed E-state index contributed by atoms with van der Waals surface area (Å²) in [5.74, 6) is -0.564. The van der Waals surface area contributed by atoms with E-state index >= 15 is 0 Å². The van der Waals surface area contributed by atoms with Gasteiger partial charge in [0.1, 0.15) is 0 Å². The molecule has 0 unspecified atom stereocenters. The first-order chi connectivity index (χ1) is 11.9. The van der Waals surface area contributed by atoms with Gasteiger partial charge in [0.25, 0.3) is 0 Å². The Hall–Kier alpha value is -2.69. The molecule has 0 aromatic heterocycles. The van der Waals surface area contributed by atoms with Crippen LogP contribution in [0.1, 0.15) is 17.5 Å². The largest absolute Gasteiger partial charge is 0.370 e. The number of carbonyl (C=O) groups excluding carboxylic acids is 1. The van der Waals surface area contributed by atoms with Gasteiger partial charge in [-0.1, -0.05) is 36.4 Å². The van der Waals surface area contributed by atoms with E-state index in [1.54, 1.807) is 0 Å². The van der Waals surface area contributed by atoms with Gasteiger partial charge in [0.2, 0.25) is 15.9 Å². The van der Waals surface area contributed by atoms with Crippen molar-refractivity contribution in [3.63, 3.8) is 0 Å². The SMILES string of the molecule is N#Cc1cccc(S(=O)(=O)N(CCC(N)=O)CCc2ccccc2)c1. The Morgan fingerprint density at radius 1 is 1.08 bits per heavy atom. The van der Waals surface area contributed by atoms with Crippen molar-refractivity contribution in [3.8, 4) is 6.07 Å². The van der Waals surface area contributed by atoms with Crippen LogP contribution in [0.15, 0.2) is 59.5 Å². The summed E-state index contributed by atoms with van der Waals surface area (Å²) in [6.45, 7) is 0.220. The molecule has 25 heavy (non-hydrogen) atoms. The Morgan fingerprint density at radius 2 is 1.80 bits per heavy atom. The molecule has 0 radical (unpaired) electrons. The van der Waals surface area contributed by atoms with Gasteiger partial charge in [-0.25, -0.2) is 8.42 Å². The summed E-state index contributed by atoms with van der Waals surface area (Å²) in [4.78, 5) is 11.1. The summed E-state index contributed by atoms with van der Waals surface area (Å²) in [6.07, 6.45) is 0.447. The van der Waals surface area contributed by atoms with E-state index in [1.807, 2.05) is 36.4 Å². The maximum Gasteiger partial charge on any atom is 0.243 e. The van der Waals surface area contributed by atoms with Gasteiger partial charge in [-0.15, -0.1) is 0 Å². The van der Waals surface area contributed by atoms with Gasteiger partial charge in [-0.3, -0.25) is 4.79 Å². The average molecular weight is 357 g/mol. The molecule has 7 heteroatoms. The lowest BCUT2D eigenvalue weighted by molar-refractivity contribution is -0.118. The van der Waals surface area contributed by atoms with Gasteiger partial charge >= 0.3 is 0 Å². The second-order valence-electron chi connectivity index (χ2n) is 5.50. The quantitative estimate of drug-likeness (QED) is 0.776. The minimum atomic E-state index is -3.83. The molecule has 2 N–H and O–H groups in total. The lowest BCUT2D eigenvalue weighted by Crippen LogP contribution is -2.35. The minimum absolute atomic E-state index is 0.00127. The highest BCUT2D eigenvalue weighted by atomic mass is 32.2. The molecule has 0 aliphatic rings. The van der Waals surface area contributed by atoms with E-state index in [0.29, 0.717) is 6.42 Å². The van der Waals surface area contributed by atoms with E-state index in [1.165, 1.54) is 28.6 Å². The molecule has 2 aromatic rings. The number of amides is 1. The number of nitrogens with two attached hydrogens (primary N) is 1. The number of sulfonamides is 1. The molecule has 0 aliphatic carbocycles. The van der Waals surface area contributed by atoms with E-state index in [-0.39, 0.29) is 30.0 Å². The van der Waals surface area contributed by atoms with E-state index < -0.39 is 15.9 Å². The van der Waals surface area contributed by atoms with E-state index in [2.05, 4.69) is 0 Å². The van der Waals surface area contributed by atoms with E-state index in [4.69, 9.17) is 11.0 Å². The molecule has 0 saturated carbocycles. The van der Waals surface area contributed by atoms with Crippen LogP contribution in [-0.4, -0.2) is 31.7 Å². The van der Waals surface area contributed by atoms with Crippen LogP contribution in [-0.2, 0) is 21.2 Å². The van der Waals surface area contributed by atoms with Crippen LogP contribution in [0.2, 0.25) is 0 Å². The number of nitriles is 1. The van der Waals surface area contributed by atoms with Crippen LogP contribution in [0.5, 0.6) is 0 Å². The van der Waals surface area contributed by atoms with Crippen molar-refractivity contribution in [2.45, 2.75) is 17.7 Å². The summed E-state index contributed by atoms with van der Waals surface area (Å²) in [7, 11) is -3.83. The standard InChI is InChI=1S/C18H19N3O3S/c19-14-16-7-4-8-17(13-16)25(23,24)21(12-10-18(20)22)11-9-15-5-2-1-3-6-15/h1-8,13H,9-12H2,(H2,20,22). The van der Waals surface area contributed by atoms with Crippen LogP contribution < -0.4 is 5.73 Å². The highest BCUT2D eigenvalue weighted by Crippen LogP contribution is 2.18. The predicted molar refractivity (Wildman–Crippen MR) is 93.9 cm³/mol. The fourth-order valence-corrected chi connectivity index (χ4v) is 3.85. The van der Waals surface area contributed by atoms with Crippen LogP contribution >= 0.6 is 0 Å². The third kappa shape index (κ3) is 5.14. The second-order valence-corrected chi connectivity index (χ2v) is 7.43. The zero-order chi connectivity index (χ0) is 18.3. The lowest BCUT2D eigenvalue weighted by Gasteiger charge is -2.22. The van der Waals surface area contributed by atoms with Crippen LogP contribution in [0.25, 0.3) is 0 Å². The zero-order valence-electron chi connectivity index (χ0n) is 13.6. The summed E-state index contributed by atoms with van der Waals surface area (Å²) in [6, 6.07) is 17.2. The van der Waals surface area contributed by atoms with Crippen LogP contribution in [0, 0.1) is 11.3 Å². The monoisotopic (exact) mass is 357 g/mol. The number of nitrogens with zero attached hydrogens (tertiary/aromatic N) is 2. The smallest absolute Gasteiger partial charge is 0.243 e. The van der Waals surface area contributed by atoms with Crippen LogP contribution in [0.4, 0.5) is 0 Å². The van der Waals surface area contributed by atoms with Crippen molar-refractivity contribution in [3.05, 3.63) is 65.7 Å². The van der Waals surface area contributed by atoms with Crippen molar-refractivity contribution >= 4 is 15.9 Å². The van der Waals surface area contributed by atoms with Crippen molar-refractivity contribution in [2.75, 3.05) is 13.1 Å². The normalized spacial score (nSPS) is 11.2. The molecule has 6 nitrogen and oxygen atoms in total. The molecule has 2 aromatic carbocycles. The fourth-order valence-electron chi connectivity index (χ4n) is 2.36. The molecular formula is C18H19N3O3S. The van der Waals surface area contributed by atoms with Crippen molar-refractivity contribution < 1.29 is 13.2 Å². The van der Waals surface area contributed by atoms with E-state index in [0.717, 1.165) is 5.56 Å². The number of hydrogen-bond donors (Lipinski definition) is 1. The maximum absolute atomic E-state index is 12.9. The maximum atomic E-state index is 12.9. The third-order valence-electron chi connectivity index (χ3n) is 3.70. The second kappa shape index (κ2) is 8.42. The zero-order valence-corrected chi connectivity index (χ0v) is 14.4. The van der Waals surface area contributed by atoms with Gasteiger partial charge < -0.3 is 5.73 Å². The summed E-state index contributed by atoms with van der Waals surface area (Å²) >= 11 is 0. The molecule has 0 atom stereocenters. The van der Waals surface area contributed by atoms with Crippen molar-refractivity contribution in [1.29, 1.82) is 5.26 Å². The first-order valence-electron chi connectivity index (χ1n) is 7.76. The minimum Gasteiger partial charge on any atom is -0.370 e. The summed E-state index contributed by atoms with van der Waals surface area (Å²) < 4.78 is 27.0. The Morgan fingerprint density at radius 3 is 2.44 bits per heavy atom. The molecule has 0 saturated heterocycles. The van der Waals surface area contributed by atoms with Crippen molar-refractivity contribution in [2.24, 2.45) is 5.73 Å². The molecule has 0 spiro atoms. The lowest BCUT2D eigenvalue weighted by atomic mass is 10.1. The van der Waals surface area contributed by atoms with E-state index in [9.17, 15) is 13.2 Å². The molecule has 1 amide bonds. The van der Waals surface area contributed by atoms with Gasteiger partial charge in [-0.05, 0) is 30.2 Å². The predicted octanol–water partition coefficient (Wildman–Crippen LogP) is 1.67. The molecule has 2 rings (SSSR count). The Balaban J connectivity index is 2.25. The molecule has 0 heterocycles. The van der Waals surface area contributed by atoms with Gasteiger partial charge in [0.15, 0.2) is 0 Å². The Labute approximate surface area is 147 Å². The van der Waals surface area contributed by atoms with Gasteiger partial charge in [-0.2, -0.15) is 9.57 Å². The Kier molecular flexibility index (Phi) is 6.28. The number of primary amides is 1. The molecule has 0 aliphatic heterocycles.